The molecule has 2 atom stereocenters. The number of carbonyl (C=O) groups is 1. The number of nitrogens with one attached hydrogen (secondary N) is 1. The van der Waals surface area contributed by atoms with Gasteiger partial charge in [0.1, 0.15) is 0 Å². The molecular formula is C17H22N4O2. The second kappa shape index (κ2) is 6.83. The van der Waals surface area contributed by atoms with E-state index in [2.05, 4.69) is 10.4 Å². The van der Waals surface area contributed by atoms with E-state index in [4.69, 9.17) is 0 Å². The zero-order valence-electron chi connectivity index (χ0n) is 13.2. The minimum atomic E-state index is -0.439. The largest absolute Gasteiger partial charge is 0.391 e. The number of hydrogen-bond donors (Lipinski definition) is 2. The maximum atomic E-state index is 12.3. The molecule has 3 rings (SSSR count). The molecule has 0 aliphatic carbocycles. The molecule has 0 saturated carbocycles. The zero-order chi connectivity index (χ0) is 16.2. The van der Waals surface area contributed by atoms with Crippen molar-refractivity contribution in [2.45, 2.75) is 26.0 Å². The summed E-state index contributed by atoms with van der Waals surface area (Å²) in [6.45, 7) is 3.52. The quantitative estimate of drug-likeness (QED) is 0.907. The lowest BCUT2D eigenvalue weighted by Crippen LogP contribution is -2.49. The summed E-state index contributed by atoms with van der Waals surface area (Å²) in [5.41, 5.74) is 1.94. The first kappa shape index (κ1) is 15.6. The molecule has 6 nitrogen and oxygen atoms in total. The Bertz CT molecular complexity index is 656. The van der Waals surface area contributed by atoms with E-state index in [1.165, 1.54) is 0 Å². The number of para-hydroxylation sites is 1. The van der Waals surface area contributed by atoms with Gasteiger partial charge in [-0.25, -0.2) is 9.48 Å². The molecule has 1 saturated heterocycles. The van der Waals surface area contributed by atoms with E-state index in [1.807, 2.05) is 43.5 Å². The molecule has 0 spiro atoms. The molecule has 1 aliphatic rings. The van der Waals surface area contributed by atoms with E-state index in [0.29, 0.717) is 19.6 Å². The van der Waals surface area contributed by atoms with Gasteiger partial charge in [-0.05, 0) is 30.0 Å². The molecular weight excluding hydrogens is 292 g/mol. The van der Waals surface area contributed by atoms with Gasteiger partial charge in [-0.15, -0.1) is 0 Å². The number of carbonyl (C=O) groups excluding carboxylic acids is 1. The molecule has 1 aromatic heterocycles. The summed E-state index contributed by atoms with van der Waals surface area (Å²) in [5.74, 6) is 0.250. The summed E-state index contributed by atoms with van der Waals surface area (Å²) in [6.07, 6.45) is 4.00. The Labute approximate surface area is 135 Å². The number of benzene rings is 1. The van der Waals surface area contributed by atoms with Gasteiger partial charge in [-0.1, -0.05) is 25.1 Å². The van der Waals surface area contributed by atoms with E-state index in [0.717, 1.165) is 17.7 Å². The van der Waals surface area contributed by atoms with E-state index >= 15 is 0 Å². The topological polar surface area (TPSA) is 70.4 Å². The second-order valence-corrected chi connectivity index (χ2v) is 6.02. The van der Waals surface area contributed by atoms with Crippen LogP contribution in [0.4, 0.5) is 4.79 Å². The van der Waals surface area contributed by atoms with Gasteiger partial charge in [0.2, 0.25) is 0 Å². The van der Waals surface area contributed by atoms with Crippen molar-refractivity contribution < 1.29 is 9.90 Å². The van der Waals surface area contributed by atoms with Crippen LogP contribution in [0.5, 0.6) is 0 Å². The Morgan fingerprint density at radius 1 is 1.39 bits per heavy atom. The SMILES string of the molecule is CC1CCN(C(=O)NCc2ccccc2-n2cccn2)CC1O. The van der Waals surface area contributed by atoms with Crippen LogP contribution in [0.15, 0.2) is 42.7 Å². The predicted octanol–water partition coefficient (Wildman–Crippen LogP) is 1.78. The normalized spacial score (nSPS) is 21.2. The summed E-state index contributed by atoms with van der Waals surface area (Å²) in [4.78, 5) is 14.0. The fourth-order valence-corrected chi connectivity index (χ4v) is 2.81. The van der Waals surface area contributed by atoms with Gasteiger partial charge in [0.05, 0.1) is 11.8 Å². The molecule has 0 bridgehead atoms. The van der Waals surface area contributed by atoms with Crippen LogP contribution < -0.4 is 5.32 Å². The van der Waals surface area contributed by atoms with Gasteiger partial charge < -0.3 is 15.3 Å². The van der Waals surface area contributed by atoms with Gasteiger partial charge in [0, 0.05) is 32.0 Å². The minimum Gasteiger partial charge on any atom is -0.391 e. The second-order valence-electron chi connectivity index (χ2n) is 6.02. The van der Waals surface area contributed by atoms with E-state index in [9.17, 15) is 9.90 Å². The lowest BCUT2D eigenvalue weighted by atomic mass is 9.96. The number of hydrogen-bond acceptors (Lipinski definition) is 3. The molecule has 2 amide bonds. The van der Waals surface area contributed by atoms with Crippen LogP contribution in [-0.2, 0) is 6.54 Å². The lowest BCUT2D eigenvalue weighted by molar-refractivity contribution is 0.0435. The molecule has 2 N–H and O–H groups in total. The highest BCUT2D eigenvalue weighted by Crippen LogP contribution is 2.17. The van der Waals surface area contributed by atoms with Crippen molar-refractivity contribution in [1.82, 2.24) is 20.0 Å². The molecule has 1 aliphatic heterocycles. The highest BCUT2D eigenvalue weighted by atomic mass is 16.3. The highest BCUT2D eigenvalue weighted by molar-refractivity contribution is 5.74. The van der Waals surface area contributed by atoms with Crippen LogP contribution in [0.3, 0.4) is 0 Å². The minimum absolute atomic E-state index is 0.133. The van der Waals surface area contributed by atoms with Crippen LogP contribution >= 0.6 is 0 Å². The van der Waals surface area contributed by atoms with Crippen molar-refractivity contribution >= 4 is 6.03 Å². The molecule has 0 radical (unpaired) electrons. The van der Waals surface area contributed by atoms with E-state index < -0.39 is 6.10 Å². The summed E-state index contributed by atoms with van der Waals surface area (Å²) in [6, 6.07) is 9.58. The van der Waals surface area contributed by atoms with Gasteiger partial charge in [-0.3, -0.25) is 0 Å². The molecule has 2 aromatic rings. The van der Waals surface area contributed by atoms with Crippen LogP contribution in [0.2, 0.25) is 0 Å². The van der Waals surface area contributed by atoms with Crippen LogP contribution in [0.1, 0.15) is 18.9 Å². The first-order valence-electron chi connectivity index (χ1n) is 7.94. The van der Waals surface area contributed by atoms with Crippen molar-refractivity contribution in [3.63, 3.8) is 0 Å². The number of urea groups is 1. The fourth-order valence-electron chi connectivity index (χ4n) is 2.81. The van der Waals surface area contributed by atoms with Gasteiger partial charge in [-0.2, -0.15) is 5.10 Å². The molecule has 1 fully saturated rings. The molecule has 1 aromatic carbocycles. The number of aromatic nitrogens is 2. The average molecular weight is 314 g/mol. The van der Waals surface area contributed by atoms with E-state index in [1.54, 1.807) is 15.8 Å². The Morgan fingerprint density at radius 3 is 2.96 bits per heavy atom. The van der Waals surface area contributed by atoms with Gasteiger partial charge >= 0.3 is 6.03 Å². The van der Waals surface area contributed by atoms with Gasteiger partial charge in [0.25, 0.3) is 0 Å². The third kappa shape index (κ3) is 3.53. The predicted molar refractivity (Wildman–Crippen MR) is 87.2 cm³/mol. The highest BCUT2D eigenvalue weighted by Gasteiger charge is 2.27. The molecule has 23 heavy (non-hydrogen) atoms. The number of nitrogens with zero attached hydrogens (tertiary/aromatic N) is 3. The molecule has 2 unspecified atom stereocenters. The third-order valence-corrected chi connectivity index (χ3v) is 4.38. The number of likely N-dealkylation sites (tertiary alicyclic amines) is 1. The summed E-state index contributed by atoms with van der Waals surface area (Å²) >= 11 is 0. The van der Waals surface area contributed by atoms with Gasteiger partial charge in [0.15, 0.2) is 0 Å². The van der Waals surface area contributed by atoms with Crippen LogP contribution in [-0.4, -0.2) is 45.0 Å². The third-order valence-electron chi connectivity index (χ3n) is 4.38. The molecule has 6 heteroatoms. The van der Waals surface area contributed by atoms with Crippen LogP contribution in [0, 0.1) is 5.92 Å². The number of amides is 2. The van der Waals surface area contributed by atoms with Crippen molar-refractivity contribution in [2.24, 2.45) is 5.92 Å². The van der Waals surface area contributed by atoms with Crippen molar-refractivity contribution in [3.05, 3.63) is 48.3 Å². The summed E-state index contributed by atoms with van der Waals surface area (Å²) in [7, 11) is 0. The van der Waals surface area contributed by atoms with Crippen LogP contribution in [0.25, 0.3) is 5.69 Å². The number of aliphatic hydroxyl groups is 1. The first-order chi connectivity index (χ1) is 11.1. The Morgan fingerprint density at radius 2 is 2.22 bits per heavy atom. The monoisotopic (exact) mass is 314 g/mol. The lowest BCUT2D eigenvalue weighted by Gasteiger charge is -2.34. The van der Waals surface area contributed by atoms with Crippen molar-refractivity contribution in [1.29, 1.82) is 0 Å². The number of β-amino-alcohol motifs (C(OH)–C–C–N with tert-alkyl or cyclic N) is 1. The maximum Gasteiger partial charge on any atom is 0.317 e. The molecule has 2 heterocycles. The fraction of sp³-hybridized carbons (Fsp3) is 0.412. The van der Waals surface area contributed by atoms with E-state index in [-0.39, 0.29) is 11.9 Å². The Kier molecular flexibility index (Phi) is 4.62. The molecule has 122 valence electrons. The Hall–Kier alpha value is -2.34. The number of aliphatic hydroxyl groups excluding tert-OH is 1. The first-order valence-corrected chi connectivity index (χ1v) is 7.94. The summed E-state index contributed by atoms with van der Waals surface area (Å²) < 4.78 is 1.79. The smallest absolute Gasteiger partial charge is 0.317 e. The standard InChI is InChI=1S/C17H22N4O2/c1-13-7-10-20(12-16(13)22)17(23)18-11-14-5-2-3-6-15(14)21-9-4-8-19-21/h2-6,8-9,13,16,22H,7,10-12H2,1H3,(H,18,23). The maximum absolute atomic E-state index is 12.3. The number of rotatable bonds is 3. The summed E-state index contributed by atoms with van der Waals surface area (Å²) in [5, 5.41) is 17.1. The number of piperidine rings is 1. The Balaban J connectivity index is 1.64. The zero-order valence-corrected chi connectivity index (χ0v) is 13.2. The van der Waals surface area contributed by atoms with Crippen molar-refractivity contribution in [2.75, 3.05) is 13.1 Å². The average Bonchev–Trinajstić information content (AvgIpc) is 3.10. The van der Waals surface area contributed by atoms with Crippen molar-refractivity contribution in [3.8, 4) is 5.69 Å².